The summed E-state index contributed by atoms with van der Waals surface area (Å²) in [5.74, 6) is -4.40. The highest BCUT2D eigenvalue weighted by Gasteiger charge is 2.38. The van der Waals surface area contributed by atoms with Gasteiger partial charge in [-0.1, -0.05) is 58.1 Å². The summed E-state index contributed by atoms with van der Waals surface area (Å²) in [6.07, 6.45) is 6.11. The minimum Gasteiger partial charge on any atom is -0.507 e. The summed E-state index contributed by atoms with van der Waals surface area (Å²) in [5, 5.41) is 27.5. The fourth-order valence-electron chi connectivity index (χ4n) is 7.20. The van der Waals surface area contributed by atoms with Crippen molar-refractivity contribution in [2.24, 2.45) is 17.6 Å². The molecule has 300 valence electrons. The molecule has 13 heteroatoms. The van der Waals surface area contributed by atoms with E-state index in [4.69, 9.17) is 10.5 Å². The monoisotopic (exact) mass is 762 g/mol. The molecule has 0 spiro atoms. The van der Waals surface area contributed by atoms with Crippen molar-refractivity contribution in [1.29, 1.82) is 0 Å². The smallest absolute Gasteiger partial charge is 0.243 e. The normalized spacial score (nSPS) is 20.7. The zero-order valence-electron chi connectivity index (χ0n) is 32.6. The molecule has 0 aromatic heterocycles. The Labute approximate surface area is 323 Å². The number of benzene rings is 2. The molecule has 0 radical (unpaired) electrons. The van der Waals surface area contributed by atoms with Gasteiger partial charge in [0, 0.05) is 55.7 Å². The van der Waals surface area contributed by atoms with Crippen LogP contribution in [0.5, 0.6) is 11.5 Å². The molecule has 1 fully saturated rings. The molecule has 1 saturated heterocycles. The minimum atomic E-state index is -1.22. The summed E-state index contributed by atoms with van der Waals surface area (Å²) >= 11 is 0. The topological polar surface area (TPSA) is 209 Å². The Morgan fingerprint density at radius 3 is 2.31 bits per heavy atom. The quantitative estimate of drug-likeness (QED) is 0.107. The first-order valence-corrected chi connectivity index (χ1v) is 19.7. The summed E-state index contributed by atoms with van der Waals surface area (Å²) in [5.41, 5.74) is 7.02. The second kappa shape index (κ2) is 20.3. The lowest BCUT2D eigenvalue weighted by molar-refractivity contribution is -0.144. The number of Topliss-reactive ketones (excluding diaryl/α,β-unsaturated/α-hetero) is 3. The number of ether oxygens (including phenoxy) is 1. The van der Waals surface area contributed by atoms with Gasteiger partial charge in [0.1, 0.15) is 35.5 Å². The van der Waals surface area contributed by atoms with Crippen LogP contribution in [0.15, 0.2) is 36.4 Å². The van der Waals surface area contributed by atoms with Crippen LogP contribution in [0.2, 0.25) is 0 Å². The third-order valence-corrected chi connectivity index (χ3v) is 10.6. The van der Waals surface area contributed by atoms with E-state index in [1.807, 2.05) is 0 Å². The molecule has 1 unspecified atom stereocenters. The highest BCUT2D eigenvalue weighted by atomic mass is 16.6. The minimum absolute atomic E-state index is 0.0147. The van der Waals surface area contributed by atoms with E-state index in [2.05, 4.69) is 17.6 Å². The van der Waals surface area contributed by atoms with Gasteiger partial charge in [0.15, 0.2) is 11.6 Å². The Bertz CT molecular complexity index is 1710. The molecule has 0 aliphatic carbocycles. The highest BCUT2D eigenvalue weighted by Crippen LogP contribution is 2.39. The van der Waals surface area contributed by atoms with Crippen molar-refractivity contribution in [1.82, 2.24) is 15.5 Å². The van der Waals surface area contributed by atoms with E-state index < -0.39 is 59.6 Å². The number of ketones is 3. The van der Waals surface area contributed by atoms with Gasteiger partial charge in [-0.2, -0.15) is 0 Å². The number of amides is 3. The second-order valence-electron chi connectivity index (χ2n) is 15.2. The number of aromatic hydroxyl groups is 2. The Morgan fingerprint density at radius 2 is 1.64 bits per heavy atom. The van der Waals surface area contributed by atoms with Gasteiger partial charge in [0.2, 0.25) is 17.7 Å². The number of nitrogens with zero attached hydrogens (tertiary/aromatic N) is 1. The van der Waals surface area contributed by atoms with Crippen molar-refractivity contribution in [2.75, 3.05) is 20.2 Å². The number of hydrogen-bond donors (Lipinski definition) is 5. The van der Waals surface area contributed by atoms with Gasteiger partial charge in [0.05, 0.1) is 12.6 Å². The lowest BCUT2D eigenvalue weighted by Gasteiger charge is -2.32. The number of hydrogen-bond acceptors (Lipinski definition) is 10. The van der Waals surface area contributed by atoms with Gasteiger partial charge < -0.3 is 36.2 Å². The number of rotatable bonds is 18. The van der Waals surface area contributed by atoms with Crippen LogP contribution in [-0.2, 0) is 39.9 Å². The van der Waals surface area contributed by atoms with Gasteiger partial charge in [-0.25, -0.2) is 0 Å². The molecule has 2 aliphatic rings. The number of nitrogens with one attached hydrogen (secondary N) is 2. The summed E-state index contributed by atoms with van der Waals surface area (Å²) < 4.78 is 5.07. The Hall–Kier alpha value is -4.62. The highest BCUT2D eigenvalue weighted by molar-refractivity contribution is 5.97. The number of phenolic OH excluding ortho intramolecular Hbond substituents is 2. The van der Waals surface area contributed by atoms with E-state index in [0.29, 0.717) is 43.4 Å². The second-order valence-corrected chi connectivity index (χ2v) is 15.2. The molecule has 3 amide bonds. The van der Waals surface area contributed by atoms with Gasteiger partial charge in [-0.15, -0.1) is 0 Å². The average Bonchev–Trinajstić information content (AvgIpc) is 4.00. The SMILES string of the molecule is CCCCCCCC(=O)C[C@@H](CCCCN)C(=O)N(C)[C@@H]1C(=O)C[C@@H](C)C(=O)N[C@H](C(=O)N[C@@H](C)C(=O)C2CO2)Cc2ccc(O)c(c2)-c2cc1ccc2O. The van der Waals surface area contributed by atoms with Crippen molar-refractivity contribution in [3.05, 3.63) is 47.5 Å². The largest absolute Gasteiger partial charge is 0.507 e. The third-order valence-electron chi connectivity index (χ3n) is 10.6. The van der Waals surface area contributed by atoms with Gasteiger partial charge in [-0.3, -0.25) is 28.8 Å². The lowest BCUT2D eigenvalue weighted by atomic mass is 9.88. The number of phenols is 2. The maximum atomic E-state index is 14.4. The van der Waals surface area contributed by atoms with Crippen molar-refractivity contribution >= 4 is 35.1 Å². The lowest BCUT2D eigenvalue weighted by Crippen LogP contribution is -2.53. The fraction of sp³-hybridized carbons (Fsp3) is 0.571. The molecule has 55 heavy (non-hydrogen) atoms. The molecule has 0 saturated carbocycles. The van der Waals surface area contributed by atoms with Crippen LogP contribution in [0, 0.1) is 11.8 Å². The summed E-state index contributed by atoms with van der Waals surface area (Å²) in [6, 6.07) is 5.77. The predicted octanol–water partition coefficient (Wildman–Crippen LogP) is 4.44. The molecular weight excluding hydrogens is 704 g/mol. The maximum Gasteiger partial charge on any atom is 0.243 e. The van der Waals surface area contributed by atoms with Crippen LogP contribution in [0.25, 0.3) is 11.1 Å². The van der Waals surface area contributed by atoms with Gasteiger partial charge >= 0.3 is 0 Å². The molecule has 4 bridgehead atoms. The van der Waals surface area contributed by atoms with Crippen LogP contribution in [0.1, 0.15) is 109 Å². The Balaban J connectivity index is 1.69. The van der Waals surface area contributed by atoms with Crippen LogP contribution in [-0.4, -0.2) is 88.6 Å². The van der Waals surface area contributed by atoms with E-state index in [0.717, 1.165) is 32.1 Å². The van der Waals surface area contributed by atoms with Crippen LogP contribution in [0.3, 0.4) is 0 Å². The van der Waals surface area contributed by atoms with E-state index in [-0.39, 0.29) is 60.1 Å². The fourth-order valence-corrected chi connectivity index (χ4v) is 7.20. The zero-order valence-corrected chi connectivity index (χ0v) is 32.6. The first-order chi connectivity index (χ1) is 26.2. The average molecular weight is 763 g/mol. The molecular formula is C42H58N4O9. The van der Waals surface area contributed by atoms with Crippen molar-refractivity contribution in [3.63, 3.8) is 0 Å². The number of carbonyl (C=O) groups is 6. The zero-order chi connectivity index (χ0) is 40.2. The number of carbonyl (C=O) groups excluding carboxylic acids is 6. The molecule has 4 rings (SSSR count). The molecule has 2 aromatic carbocycles. The number of epoxide rings is 1. The first-order valence-electron chi connectivity index (χ1n) is 19.7. The van der Waals surface area contributed by atoms with Crippen molar-refractivity contribution < 1.29 is 43.7 Å². The molecule has 2 aromatic rings. The number of unbranched alkanes of at least 4 members (excludes halogenated alkanes) is 5. The van der Waals surface area contributed by atoms with E-state index in [9.17, 15) is 39.0 Å². The predicted molar refractivity (Wildman–Crippen MR) is 207 cm³/mol. The molecule has 13 nitrogen and oxygen atoms in total. The van der Waals surface area contributed by atoms with Crippen molar-refractivity contribution in [3.8, 4) is 22.6 Å². The van der Waals surface area contributed by atoms with Gasteiger partial charge in [-0.05, 0) is 68.1 Å². The van der Waals surface area contributed by atoms with E-state index >= 15 is 0 Å². The summed E-state index contributed by atoms with van der Waals surface area (Å²) in [6.45, 7) is 5.93. The van der Waals surface area contributed by atoms with E-state index in [1.54, 1.807) is 25.1 Å². The number of likely N-dealkylation sites (N-methyl/N-ethyl adjacent to an activating group) is 1. The number of fused-ring (bicyclic) bond motifs is 5. The molecule has 6 N–H and O–H groups in total. The maximum absolute atomic E-state index is 14.4. The van der Waals surface area contributed by atoms with Gasteiger partial charge in [0.25, 0.3) is 0 Å². The summed E-state index contributed by atoms with van der Waals surface area (Å²) in [4.78, 5) is 83.0. The molecule has 6 atom stereocenters. The first kappa shape index (κ1) is 43.1. The van der Waals surface area contributed by atoms with Crippen LogP contribution in [0.4, 0.5) is 0 Å². The standard InChI is InChI=1S/C42H58N4O9/c1-5-6-7-8-9-13-30(47)22-29(12-10-11-18-43)42(54)46(4)38-28-15-17-35(49)32(23-28)31-20-27(14-16-34(31)48)21-33(45-40(52)25(2)19-36(38)50)41(53)44-26(3)39(51)37-24-55-37/h14-17,20,23,25-26,29,33,37-38,48-49H,5-13,18-19,21-22,24,43H2,1-4H3,(H,44,53)(H,45,52)/t25-,26+,29-,33+,37?,38+/m1/s1. The number of nitrogens with two attached hydrogens (primary N) is 1. The Morgan fingerprint density at radius 1 is 0.964 bits per heavy atom. The summed E-state index contributed by atoms with van der Waals surface area (Å²) in [7, 11) is 1.50. The molecule has 2 heterocycles. The third kappa shape index (κ3) is 11.9. The Kier molecular flexibility index (Phi) is 15.9. The van der Waals surface area contributed by atoms with E-state index in [1.165, 1.54) is 37.1 Å². The van der Waals surface area contributed by atoms with Crippen LogP contribution >= 0.6 is 0 Å². The van der Waals surface area contributed by atoms with Crippen LogP contribution < -0.4 is 16.4 Å². The van der Waals surface area contributed by atoms with Crippen molar-refractivity contribution in [2.45, 2.75) is 122 Å². The molecule has 2 aliphatic heterocycles.